The minimum atomic E-state index is -1.06. The molecular weight excluding hydrogens is 891 g/mol. The fourth-order valence-corrected chi connectivity index (χ4v) is 8.83. The van der Waals surface area contributed by atoms with Crippen LogP contribution >= 0.6 is 0 Å². The van der Waals surface area contributed by atoms with E-state index < -0.39 is 41.3 Å². The second-order valence-electron chi connectivity index (χ2n) is 16.6. The van der Waals surface area contributed by atoms with Gasteiger partial charge < -0.3 is 19.7 Å². The number of piperidine rings is 1. The van der Waals surface area contributed by atoms with Crippen molar-refractivity contribution in [3.8, 4) is 22.3 Å². The molecule has 5 aromatic rings. The number of likely N-dealkylation sites (tertiary alicyclic amines) is 1. The van der Waals surface area contributed by atoms with E-state index in [-0.39, 0.29) is 87.4 Å². The van der Waals surface area contributed by atoms with Gasteiger partial charge in [0.2, 0.25) is 17.7 Å². The van der Waals surface area contributed by atoms with Crippen molar-refractivity contribution in [2.24, 2.45) is 0 Å². The van der Waals surface area contributed by atoms with Crippen LogP contribution in [0.15, 0.2) is 73.2 Å². The summed E-state index contributed by atoms with van der Waals surface area (Å²) in [7, 11) is 0. The highest BCUT2D eigenvalue weighted by molar-refractivity contribution is 6.25. The molecule has 0 bridgehead atoms. The molecule has 2 unspecified atom stereocenters. The Bertz CT molecular complexity index is 2690. The smallest absolute Gasteiger partial charge is 0.264 e. The van der Waals surface area contributed by atoms with Crippen molar-refractivity contribution in [1.29, 1.82) is 0 Å². The molecule has 0 aliphatic carbocycles. The van der Waals surface area contributed by atoms with Crippen LogP contribution in [0, 0.1) is 11.6 Å². The average molecular weight is 939 g/mol. The summed E-state index contributed by atoms with van der Waals surface area (Å²) < 4.78 is 43.5. The summed E-state index contributed by atoms with van der Waals surface area (Å²) in [6.45, 7) is 3.94. The van der Waals surface area contributed by atoms with Crippen molar-refractivity contribution in [1.82, 2.24) is 34.8 Å². The summed E-state index contributed by atoms with van der Waals surface area (Å²) in [6, 6.07) is 13.9. The molecule has 4 aliphatic rings. The third-order valence-electron chi connectivity index (χ3n) is 12.4. The number of imide groups is 2. The number of amides is 5. The minimum absolute atomic E-state index is 0.0210. The van der Waals surface area contributed by atoms with Gasteiger partial charge in [-0.15, -0.1) is 0 Å². The molecule has 19 nitrogen and oxygen atoms in total. The number of pyridine rings is 1. The molecule has 21 heteroatoms. The molecule has 3 fully saturated rings. The molecule has 4 aliphatic heterocycles. The average Bonchev–Trinajstić information content (AvgIpc) is 4.10. The molecule has 3 saturated heterocycles. The van der Waals surface area contributed by atoms with Gasteiger partial charge in [0.25, 0.3) is 11.8 Å². The number of halogens is 2. The van der Waals surface area contributed by atoms with Gasteiger partial charge >= 0.3 is 0 Å². The molecule has 9 rings (SSSR count). The lowest BCUT2D eigenvalue weighted by Crippen LogP contribution is -2.54. The van der Waals surface area contributed by atoms with Crippen LogP contribution in [-0.4, -0.2) is 137 Å². The molecule has 0 saturated carbocycles. The second-order valence-corrected chi connectivity index (χ2v) is 16.6. The van der Waals surface area contributed by atoms with E-state index in [4.69, 9.17) is 19.2 Å². The number of anilines is 1. The van der Waals surface area contributed by atoms with Crippen LogP contribution in [0.3, 0.4) is 0 Å². The number of carbonyl (C=O) groups is 5. The molecule has 6 heterocycles. The van der Waals surface area contributed by atoms with Gasteiger partial charge in [-0.2, -0.15) is 5.10 Å². The number of hydrogen-bond donors (Lipinski definition) is 2. The van der Waals surface area contributed by atoms with Gasteiger partial charge in [-0.1, -0.05) is 18.2 Å². The van der Waals surface area contributed by atoms with Crippen LogP contribution in [0.4, 0.5) is 14.5 Å². The number of rotatable bonds is 19. The van der Waals surface area contributed by atoms with Crippen molar-refractivity contribution >= 4 is 46.1 Å². The fourth-order valence-electron chi connectivity index (χ4n) is 8.83. The maximum atomic E-state index is 15.4. The Labute approximate surface area is 387 Å². The minimum Gasteiger partial charge on any atom is -0.382 e. The SMILES string of the molecule is O=C1CCC(N2C(=O)c3cccc(NCCOCCOOOOCCC(=O)N4CCC(n5cc(-c6cnc7cccc(-c8cc(F)c(CN9CCOCC9)c(F)c8)c7c6)cn5)C4)c3C2=O)C(=O)N1. The molecule has 3 aromatic carbocycles. The zero-order valence-corrected chi connectivity index (χ0v) is 36.8. The number of aromatic nitrogens is 3. The molecule has 5 amide bonds. The first-order chi connectivity index (χ1) is 33.1. The first kappa shape index (κ1) is 46.5. The summed E-state index contributed by atoms with van der Waals surface area (Å²) in [5.74, 6) is -3.65. The van der Waals surface area contributed by atoms with Crippen LogP contribution in [0.25, 0.3) is 33.2 Å². The molecular formula is C47H48F2N8O11. The standard InChI is InChI=1S/C47H48F2N8O11/c48-37-22-29(23-38(49)36(37)28-54-13-17-64-18-14-54)33-3-1-5-39-35(33)21-30(24-51-39)31-25-52-56(26-31)32-9-12-55(27-32)43(59)10-15-65-67-68-66-20-19-63-16-11-50-40-6-2-4-34-44(40)47(62)57(46(34)61)41-7-8-42(58)53-45(41)60/h1-6,21-26,32,41,50H,7-20,27-28H2,(H,53,58,60). The largest absolute Gasteiger partial charge is 0.382 e. The summed E-state index contributed by atoms with van der Waals surface area (Å²) in [5.41, 5.74) is 4.12. The van der Waals surface area contributed by atoms with Gasteiger partial charge in [0.1, 0.15) is 24.3 Å². The van der Waals surface area contributed by atoms with Crippen LogP contribution in [0.2, 0.25) is 0 Å². The molecule has 2 aromatic heterocycles. The summed E-state index contributed by atoms with van der Waals surface area (Å²) in [6.07, 6.45) is 6.21. The number of hydrogen-bond acceptors (Lipinski definition) is 15. The summed E-state index contributed by atoms with van der Waals surface area (Å²) in [4.78, 5) is 82.2. The quantitative estimate of drug-likeness (QED) is 0.0510. The Morgan fingerprint density at radius 3 is 2.43 bits per heavy atom. The van der Waals surface area contributed by atoms with E-state index in [1.807, 2.05) is 40.0 Å². The molecule has 356 valence electrons. The maximum Gasteiger partial charge on any atom is 0.264 e. The Morgan fingerprint density at radius 2 is 1.62 bits per heavy atom. The van der Waals surface area contributed by atoms with Crippen molar-refractivity contribution in [2.45, 2.75) is 44.3 Å². The van der Waals surface area contributed by atoms with E-state index in [2.05, 4.69) is 30.8 Å². The Balaban J connectivity index is 0.669. The number of carbonyl (C=O) groups excluding carboxylic acids is 5. The van der Waals surface area contributed by atoms with E-state index in [1.165, 1.54) is 18.2 Å². The number of morpholine rings is 1. The van der Waals surface area contributed by atoms with Crippen LogP contribution in [0.1, 0.15) is 58.0 Å². The van der Waals surface area contributed by atoms with Gasteiger partial charge in [-0.05, 0) is 70.4 Å². The van der Waals surface area contributed by atoms with E-state index in [0.717, 1.165) is 21.4 Å². The number of nitrogens with one attached hydrogen (secondary N) is 2. The number of benzene rings is 3. The third-order valence-corrected chi connectivity index (χ3v) is 12.4. The Kier molecular flexibility index (Phi) is 14.5. The summed E-state index contributed by atoms with van der Waals surface area (Å²) in [5, 5.41) is 19.7. The van der Waals surface area contributed by atoms with Gasteiger partial charge in [0.15, 0.2) is 0 Å². The van der Waals surface area contributed by atoms with E-state index in [0.29, 0.717) is 68.1 Å². The van der Waals surface area contributed by atoms with Crippen molar-refractivity contribution < 1.29 is 62.1 Å². The van der Waals surface area contributed by atoms with Crippen molar-refractivity contribution in [2.75, 3.05) is 77.7 Å². The lowest BCUT2D eigenvalue weighted by atomic mass is 9.97. The van der Waals surface area contributed by atoms with E-state index in [1.54, 1.807) is 29.4 Å². The number of ether oxygens (including phenoxy) is 2. The van der Waals surface area contributed by atoms with Gasteiger partial charge in [-0.25, -0.2) is 18.6 Å². The lowest BCUT2D eigenvalue weighted by Gasteiger charge is -2.27. The molecule has 0 radical (unpaired) electrons. The Morgan fingerprint density at radius 1 is 0.838 bits per heavy atom. The zero-order valence-electron chi connectivity index (χ0n) is 36.8. The first-order valence-electron chi connectivity index (χ1n) is 22.4. The highest BCUT2D eigenvalue weighted by Crippen LogP contribution is 2.35. The van der Waals surface area contributed by atoms with Crippen LogP contribution < -0.4 is 10.6 Å². The van der Waals surface area contributed by atoms with Crippen LogP contribution in [0.5, 0.6) is 0 Å². The molecule has 68 heavy (non-hydrogen) atoms. The first-order valence-corrected chi connectivity index (χ1v) is 22.4. The highest BCUT2D eigenvalue weighted by Gasteiger charge is 2.45. The maximum absolute atomic E-state index is 15.4. The van der Waals surface area contributed by atoms with Crippen molar-refractivity contribution in [3.05, 3.63) is 102 Å². The topological polar surface area (TPSA) is 205 Å². The normalized spacial score (nSPS) is 18.7. The monoisotopic (exact) mass is 938 g/mol. The van der Waals surface area contributed by atoms with Gasteiger partial charge in [-0.3, -0.25) is 48.8 Å². The molecule has 0 spiro atoms. The van der Waals surface area contributed by atoms with Gasteiger partial charge in [0.05, 0.1) is 68.3 Å². The zero-order chi connectivity index (χ0) is 47.1. The third kappa shape index (κ3) is 10.3. The molecule has 2 N–H and O–H groups in total. The summed E-state index contributed by atoms with van der Waals surface area (Å²) >= 11 is 0. The number of fused-ring (bicyclic) bond motifs is 2. The van der Waals surface area contributed by atoms with Crippen LogP contribution in [-0.2, 0) is 50.3 Å². The van der Waals surface area contributed by atoms with Gasteiger partial charge in [0, 0.05) is 85.8 Å². The molecule has 2 atom stereocenters. The van der Waals surface area contributed by atoms with Crippen molar-refractivity contribution in [3.63, 3.8) is 0 Å². The highest BCUT2D eigenvalue weighted by atomic mass is 19.1. The lowest BCUT2D eigenvalue weighted by molar-refractivity contribution is -0.634. The number of nitrogens with zero attached hydrogens (tertiary/aromatic N) is 6. The van der Waals surface area contributed by atoms with E-state index >= 15 is 8.78 Å². The predicted octanol–water partition coefficient (Wildman–Crippen LogP) is 4.38. The fraction of sp³-hybridized carbons (Fsp3) is 0.383. The Hall–Kier alpha value is -6.59. The second kappa shape index (κ2) is 21.1. The van der Waals surface area contributed by atoms with E-state index in [9.17, 15) is 24.0 Å². The predicted molar refractivity (Wildman–Crippen MR) is 236 cm³/mol.